The lowest BCUT2D eigenvalue weighted by molar-refractivity contribution is -0.0328. The van der Waals surface area contributed by atoms with E-state index in [1.807, 2.05) is 0 Å². The van der Waals surface area contributed by atoms with E-state index in [2.05, 4.69) is 41.5 Å². The van der Waals surface area contributed by atoms with Crippen molar-refractivity contribution in [2.45, 2.75) is 157 Å². The summed E-state index contributed by atoms with van der Waals surface area (Å²) in [4.78, 5) is 0. The Labute approximate surface area is 263 Å². The predicted octanol–water partition coefficient (Wildman–Crippen LogP) is 8.09. The average Bonchev–Trinajstić information content (AvgIpc) is 3.02. The highest BCUT2D eigenvalue weighted by molar-refractivity contribution is 4.74. The van der Waals surface area contributed by atoms with Gasteiger partial charge in [0.15, 0.2) is 0 Å². The molecule has 0 aromatic rings. The van der Waals surface area contributed by atoms with E-state index >= 15 is 0 Å². The number of hydrogen-bond acceptors (Lipinski definition) is 7. The fourth-order valence-corrected chi connectivity index (χ4v) is 3.33. The van der Waals surface area contributed by atoms with Gasteiger partial charge in [0.05, 0.1) is 31.8 Å². The standard InChI is InChI=1S/3C10H22O.C5H12O4/c3*1-3-5-7-9-11-10-8-6-4-2;6-1-5(2-7,3-8)4-9/h3*3-10H2,1-2H3;6-9H,1-4H2. The second-order valence-electron chi connectivity index (χ2n) is 11.2. The SMILES string of the molecule is CCCCCOCCCCC.CCCCCOCCCCC.CCCCCOCCCCC.OCC(CO)(CO)CO. The van der Waals surface area contributed by atoms with E-state index in [-0.39, 0.29) is 0 Å². The molecular weight excluding hydrogens is 532 g/mol. The van der Waals surface area contributed by atoms with Gasteiger partial charge >= 0.3 is 0 Å². The quantitative estimate of drug-likeness (QED) is 0.0663. The first-order valence-corrected chi connectivity index (χ1v) is 17.7. The van der Waals surface area contributed by atoms with Crippen molar-refractivity contribution in [1.82, 2.24) is 0 Å². The van der Waals surface area contributed by atoms with Crippen LogP contribution in [-0.2, 0) is 14.2 Å². The molecule has 7 heteroatoms. The fourth-order valence-electron chi connectivity index (χ4n) is 3.33. The van der Waals surface area contributed by atoms with E-state index in [0.717, 1.165) is 39.6 Å². The molecule has 0 bridgehead atoms. The van der Waals surface area contributed by atoms with Crippen molar-refractivity contribution in [2.24, 2.45) is 5.41 Å². The maximum absolute atomic E-state index is 8.50. The Morgan fingerprint density at radius 1 is 0.310 bits per heavy atom. The first-order chi connectivity index (χ1) is 20.5. The molecule has 0 amide bonds. The molecule has 0 heterocycles. The van der Waals surface area contributed by atoms with Gasteiger partial charge in [-0.25, -0.2) is 0 Å². The molecular formula is C35H78O7. The van der Waals surface area contributed by atoms with Crippen molar-refractivity contribution in [2.75, 3.05) is 66.1 Å². The zero-order chi connectivity index (χ0) is 32.4. The number of rotatable bonds is 28. The largest absolute Gasteiger partial charge is 0.396 e. The Morgan fingerprint density at radius 3 is 0.571 bits per heavy atom. The Bertz CT molecular complexity index is 322. The van der Waals surface area contributed by atoms with Gasteiger partial charge < -0.3 is 34.6 Å². The van der Waals surface area contributed by atoms with E-state index in [1.165, 1.54) is 116 Å². The molecule has 0 aromatic heterocycles. The van der Waals surface area contributed by atoms with Crippen molar-refractivity contribution in [3.05, 3.63) is 0 Å². The second-order valence-corrected chi connectivity index (χ2v) is 11.2. The molecule has 260 valence electrons. The molecule has 0 aromatic carbocycles. The third-order valence-corrected chi connectivity index (χ3v) is 6.70. The molecule has 0 unspecified atom stereocenters. The van der Waals surface area contributed by atoms with Gasteiger partial charge in [-0.3, -0.25) is 0 Å². The van der Waals surface area contributed by atoms with E-state index in [4.69, 9.17) is 34.6 Å². The summed E-state index contributed by atoms with van der Waals surface area (Å²) >= 11 is 0. The van der Waals surface area contributed by atoms with Gasteiger partial charge in [0, 0.05) is 39.6 Å². The molecule has 0 aliphatic rings. The summed E-state index contributed by atoms with van der Waals surface area (Å²) in [5.74, 6) is 0. The predicted molar refractivity (Wildman–Crippen MR) is 180 cm³/mol. The number of aliphatic hydroxyl groups excluding tert-OH is 4. The lowest BCUT2D eigenvalue weighted by Gasteiger charge is -2.23. The van der Waals surface area contributed by atoms with Crippen molar-refractivity contribution in [3.63, 3.8) is 0 Å². The van der Waals surface area contributed by atoms with E-state index < -0.39 is 31.8 Å². The zero-order valence-electron chi connectivity index (χ0n) is 29.3. The molecule has 0 aliphatic carbocycles. The fraction of sp³-hybridized carbons (Fsp3) is 1.00. The van der Waals surface area contributed by atoms with Gasteiger partial charge in [0.25, 0.3) is 0 Å². The minimum atomic E-state index is -1.11. The molecule has 42 heavy (non-hydrogen) atoms. The Hall–Kier alpha value is -0.280. The van der Waals surface area contributed by atoms with Crippen molar-refractivity contribution in [1.29, 1.82) is 0 Å². The maximum atomic E-state index is 8.50. The number of aliphatic hydroxyl groups is 4. The molecule has 0 fully saturated rings. The first-order valence-electron chi connectivity index (χ1n) is 17.7. The van der Waals surface area contributed by atoms with Crippen molar-refractivity contribution >= 4 is 0 Å². The first kappa shape index (κ1) is 48.6. The molecule has 0 atom stereocenters. The highest BCUT2D eigenvalue weighted by atomic mass is 16.5. The minimum absolute atomic E-state index is 0.406. The van der Waals surface area contributed by atoms with Gasteiger partial charge in [0.1, 0.15) is 0 Å². The summed E-state index contributed by atoms with van der Waals surface area (Å²) in [6.07, 6.45) is 23.1. The van der Waals surface area contributed by atoms with Crippen LogP contribution < -0.4 is 0 Å². The van der Waals surface area contributed by atoms with Gasteiger partial charge in [-0.05, 0) is 38.5 Å². The topological polar surface area (TPSA) is 109 Å². The molecule has 0 spiro atoms. The lowest BCUT2D eigenvalue weighted by atomic mass is 9.93. The molecule has 0 rings (SSSR count). The smallest absolute Gasteiger partial charge is 0.0627 e. The van der Waals surface area contributed by atoms with Crippen LogP contribution in [0.5, 0.6) is 0 Å². The normalized spacial score (nSPS) is 10.7. The lowest BCUT2D eigenvalue weighted by Crippen LogP contribution is -2.37. The Balaban J connectivity index is -0.000000230. The molecule has 0 aliphatic heterocycles. The van der Waals surface area contributed by atoms with Gasteiger partial charge in [-0.1, -0.05) is 119 Å². The maximum Gasteiger partial charge on any atom is 0.0627 e. The van der Waals surface area contributed by atoms with Crippen LogP contribution in [0.2, 0.25) is 0 Å². The average molecular weight is 611 g/mol. The summed E-state index contributed by atoms with van der Waals surface area (Å²) in [7, 11) is 0. The van der Waals surface area contributed by atoms with Gasteiger partial charge in [-0.2, -0.15) is 0 Å². The molecule has 0 radical (unpaired) electrons. The summed E-state index contributed by atoms with van der Waals surface area (Å²) in [6.45, 7) is 17.5. The molecule has 7 nitrogen and oxygen atoms in total. The Kier molecular flexibility index (Phi) is 55.2. The van der Waals surface area contributed by atoms with E-state index in [9.17, 15) is 0 Å². The van der Waals surface area contributed by atoms with Crippen LogP contribution >= 0.6 is 0 Å². The van der Waals surface area contributed by atoms with Gasteiger partial charge in [0.2, 0.25) is 0 Å². The molecule has 0 saturated heterocycles. The van der Waals surface area contributed by atoms with Crippen LogP contribution in [0.25, 0.3) is 0 Å². The van der Waals surface area contributed by atoms with Crippen molar-refractivity contribution in [3.8, 4) is 0 Å². The summed E-state index contributed by atoms with van der Waals surface area (Å²) in [5, 5.41) is 34.0. The van der Waals surface area contributed by atoms with Crippen molar-refractivity contribution < 1.29 is 34.6 Å². The van der Waals surface area contributed by atoms with Crippen LogP contribution in [0.4, 0.5) is 0 Å². The minimum Gasteiger partial charge on any atom is -0.396 e. The highest BCUT2D eigenvalue weighted by Crippen LogP contribution is 2.11. The Morgan fingerprint density at radius 2 is 0.476 bits per heavy atom. The van der Waals surface area contributed by atoms with Crippen LogP contribution in [-0.4, -0.2) is 86.5 Å². The summed E-state index contributed by atoms with van der Waals surface area (Å²) < 4.78 is 16.3. The molecule has 0 saturated carbocycles. The third-order valence-electron chi connectivity index (χ3n) is 6.70. The number of unbranched alkanes of at least 4 members (excludes halogenated alkanes) is 12. The third kappa shape index (κ3) is 46.7. The van der Waals surface area contributed by atoms with Crippen LogP contribution in [0.15, 0.2) is 0 Å². The van der Waals surface area contributed by atoms with E-state index in [1.54, 1.807) is 0 Å². The van der Waals surface area contributed by atoms with Crippen LogP contribution in [0.3, 0.4) is 0 Å². The summed E-state index contributed by atoms with van der Waals surface area (Å²) in [5.41, 5.74) is -1.11. The van der Waals surface area contributed by atoms with E-state index in [0.29, 0.717) is 0 Å². The summed E-state index contributed by atoms with van der Waals surface area (Å²) in [6, 6.07) is 0. The highest BCUT2D eigenvalue weighted by Gasteiger charge is 2.26. The number of ether oxygens (including phenoxy) is 3. The molecule has 4 N–H and O–H groups in total. The second kappa shape index (κ2) is 47.6. The number of hydrogen-bond donors (Lipinski definition) is 4. The zero-order valence-corrected chi connectivity index (χ0v) is 29.3. The van der Waals surface area contributed by atoms with Gasteiger partial charge in [-0.15, -0.1) is 0 Å². The monoisotopic (exact) mass is 611 g/mol. The van der Waals surface area contributed by atoms with Crippen LogP contribution in [0, 0.1) is 5.41 Å². The van der Waals surface area contributed by atoms with Crippen LogP contribution in [0.1, 0.15) is 157 Å².